The number of rotatable bonds is 4. The van der Waals surface area contributed by atoms with Crippen LogP contribution in [0.25, 0.3) is 11.3 Å². The minimum absolute atomic E-state index is 0.195. The summed E-state index contributed by atoms with van der Waals surface area (Å²) < 4.78 is 24.8. The van der Waals surface area contributed by atoms with Crippen LogP contribution in [0.4, 0.5) is 0 Å². The number of carbonyl (C=O) groups excluding carboxylic acids is 1. The molecule has 1 aliphatic heterocycles. The lowest BCUT2D eigenvalue weighted by atomic mass is 10.1. The van der Waals surface area contributed by atoms with Crippen LogP contribution in [0.5, 0.6) is 0 Å². The molecular formula is C16H20N4O3S. The smallest absolute Gasteiger partial charge is 0.255 e. The Morgan fingerprint density at radius 2 is 2.08 bits per heavy atom. The third kappa shape index (κ3) is 3.65. The number of benzene rings is 1. The highest BCUT2D eigenvalue weighted by atomic mass is 32.2. The average Bonchev–Trinajstić information content (AvgIpc) is 3.05. The molecule has 2 heterocycles. The highest BCUT2D eigenvalue weighted by molar-refractivity contribution is 7.88. The minimum atomic E-state index is -3.24. The van der Waals surface area contributed by atoms with Crippen LogP contribution in [-0.2, 0) is 10.0 Å². The first-order valence-electron chi connectivity index (χ1n) is 7.80. The van der Waals surface area contributed by atoms with Crippen molar-refractivity contribution in [1.29, 1.82) is 0 Å². The van der Waals surface area contributed by atoms with E-state index in [2.05, 4.69) is 15.5 Å². The van der Waals surface area contributed by atoms with Crippen molar-refractivity contribution in [3.8, 4) is 11.3 Å². The second kappa shape index (κ2) is 6.74. The molecule has 7 nitrogen and oxygen atoms in total. The van der Waals surface area contributed by atoms with E-state index in [1.807, 2.05) is 30.3 Å². The zero-order chi connectivity index (χ0) is 17.2. The van der Waals surface area contributed by atoms with Gasteiger partial charge in [-0.15, -0.1) is 0 Å². The van der Waals surface area contributed by atoms with Crippen molar-refractivity contribution in [3.63, 3.8) is 0 Å². The average molecular weight is 348 g/mol. The summed E-state index contributed by atoms with van der Waals surface area (Å²) in [7, 11) is -3.24. The molecule has 0 unspecified atom stereocenters. The summed E-state index contributed by atoms with van der Waals surface area (Å²) in [6.45, 7) is 0.815. The summed E-state index contributed by atoms with van der Waals surface area (Å²) in [6.07, 6.45) is 4.18. The van der Waals surface area contributed by atoms with Crippen molar-refractivity contribution < 1.29 is 13.2 Å². The van der Waals surface area contributed by atoms with E-state index in [4.69, 9.17) is 0 Å². The van der Waals surface area contributed by atoms with E-state index in [0.29, 0.717) is 24.3 Å². The van der Waals surface area contributed by atoms with E-state index < -0.39 is 10.0 Å². The number of carbonyl (C=O) groups is 1. The molecule has 1 fully saturated rings. The quantitative estimate of drug-likeness (QED) is 0.869. The van der Waals surface area contributed by atoms with Gasteiger partial charge in [0.2, 0.25) is 10.0 Å². The Labute approximate surface area is 141 Å². The molecule has 0 aliphatic carbocycles. The van der Waals surface area contributed by atoms with Crippen LogP contribution < -0.4 is 5.32 Å². The van der Waals surface area contributed by atoms with Gasteiger partial charge < -0.3 is 5.32 Å². The topological polar surface area (TPSA) is 95.2 Å². The highest BCUT2D eigenvalue weighted by Gasteiger charge is 2.27. The molecule has 1 aliphatic rings. The fourth-order valence-corrected chi connectivity index (χ4v) is 3.82. The summed E-state index contributed by atoms with van der Waals surface area (Å²) in [5, 5.41) is 9.76. The van der Waals surface area contributed by atoms with Gasteiger partial charge in [0.15, 0.2) is 0 Å². The van der Waals surface area contributed by atoms with Crippen molar-refractivity contribution in [2.75, 3.05) is 19.3 Å². The number of amides is 1. The Bertz CT molecular complexity index is 817. The van der Waals surface area contributed by atoms with Gasteiger partial charge in [-0.05, 0) is 12.8 Å². The van der Waals surface area contributed by atoms with Gasteiger partial charge in [0.05, 0.1) is 23.7 Å². The Hall–Kier alpha value is -2.19. The van der Waals surface area contributed by atoms with E-state index in [1.165, 1.54) is 16.8 Å². The number of H-pyrrole nitrogens is 1. The molecule has 1 saturated heterocycles. The molecule has 3 rings (SSSR count). The van der Waals surface area contributed by atoms with Crippen LogP contribution in [0.15, 0.2) is 36.5 Å². The first-order valence-corrected chi connectivity index (χ1v) is 9.65. The molecule has 128 valence electrons. The Morgan fingerprint density at radius 3 is 2.79 bits per heavy atom. The zero-order valence-electron chi connectivity index (χ0n) is 13.4. The minimum Gasteiger partial charge on any atom is -0.348 e. The second-order valence-corrected chi connectivity index (χ2v) is 7.94. The molecule has 8 heteroatoms. The van der Waals surface area contributed by atoms with Gasteiger partial charge in [0.1, 0.15) is 0 Å². The molecule has 24 heavy (non-hydrogen) atoms. The number of nitrogens with one attached hydrogen (secondary N) is 2. The van der Waals surface area contributed by atoms with Crippen molar-refractivity contribution in [1.82, 2.24) is 19.8 Å². The number of hydrogen-bond acceptors (Lipinski definition) is 4. The maximum absolute atomic E-state index is 12.6. The van der Waals surface area contributed by atoms with Crippen LogP contribution in [-0.4, -0.2) is 54.2 Å². The number of aromatic amines is 1. The number of nitrogens with zero attached hydrogens (tertiary/aromatic N) is 2. The van der Waals surface area contributed by atoms with Gasteiger partial charge in [-0.25, -0.2) is 12.7 Å². The third-order valence-electron chi connectivity index (χ3n) is 4.13. The molecule has 0 spiro atoms. The molecule has 2 N–H and O–H groups in total. The molecule has 1 aromatic heterocycles. The fraction of sp³-hybridized carbons (Fsp3) is 0.375. The SMILES string of the molecule is CS(=O)(=O)N1CCC[C@@H](NC(=O)c2cn[nH]c2-c2ccccc2)C1. The van der Waals surface area contributed by atoms with Gasteiger partial charge in [0, 0.05) is 24.7 Å². The summed E-state index contributed by atoms with van der Waals surface area (Å²) in [5.74, 6) is -0.247. The molecular weight excluding hydrogens is 328 g/mol. The molecule has 0 saturated carbocycles. The van der Waals surface area contributed by atoms with Crippen LogP contribution in [0.3, 0.4) is 0 Å². The predicted molar refractivity (Wildman–Crippen MR) is 90.9 cm³/mol. The number of aromatic nitrogens is 2. The van der Waals surface area contributed by atoms with E-state index in [1.54, 1.807) is 0 Å². The van der Waals surface area contributed by atoms with Crippen LogP contribution in [0.2, 0.25) is 0 Å². The van der Waals surface area contributed by atoms with Crippen LogP contribution in [0.1, 0.15) is 23.2 Å². The lowest BCUT2D eigenvalue weighted by molar-refractivity contribution is 0.0922. The molecule has 0 bridgehead atoms. The Kier molecular flexibility index (Phi) is 4.68. The van der Waals surface area contributed by atoms with Crippen molar-refractivity contribution in [2.45, 2.75) is 18.9 Å². The monoisotopic (exact) mass is 348 g/mol. The lowest BCUT2D eigenvalue weighted by Crippen LogP contribution is -2.49. The molecule has 2 aromatic rings. The number of piperidine rings is 1. The largest absolute Gasteiger partial charge is 0.348 e. The van der Waals surface area contributed by atoms with Gasteiger partial charge in [-0.2, -0.15) is 5.10 Å². The van der Waals surface area contributed by atoms with Crippen LogP contribution >= 0.6 is 0 Å². The lowest BCUT2D eigenvalue weighted by Gasteiger charge is -2.31. The van der Waals surface area contributed by atoms with Crippen LogP contribution in [0, 0.1) is 0 Å². The van der Waals surface area contributed by atoms with Crippen molar-refractivity contribution in [2.24, 2.45) is 0 Å². The van der Waals surface area contributed by atoms with Crippen molar-refractivity contribution in [3.05, 3.63) is 42.1 Å². The normalized spacial score (nSPS) is 19.1. The molecule has 1 aromatic carbocycles. The fourth-order valence-electron chi connectivity index (χ4n) is 2.91. The predicted octanol–water partition coefficient (Wildman–Crippen LogP) is 1.23. The first-order chi connectivity index (χ1) is 11.4. The number of hydrogen-bond donors (Lipinski definition) is 2. The molecule has 0 radical (unpaired) electrons. The van der Waals surface area contributed by atoms with Gasteiger partial charge in [-0.3, -0.25) is 9.89 Å². The Balaban J connectivity index is 1.73. The van der Waals surface area contributed by atoms with Crippen molar-refractivity contribution >= 4 is 15.9 Å². The van der Waals surface area contributed by atoms with Gasteiger partial charge in [-0.1, -0.05) is 30.3 Å². The van der Waals surface area contributed by atoms with Gasteiger partial charge >= 0.3 is 0 Å². The van der Waals surface area contributed by atoms with E-state index >= 15 is 0 Å². The third-order valence-corrected chi connectivity index (χ3v) is 5.40. The summed E-state index contributed by atoms with van der Waals surface area (Å²) >= 11 is 0. The maximum Gasteiger partial charge on any atom is 0.255 e. The molecule has 1 amide bonds. The van der Waals surface area contributed by atoms with E-state index in [0.717, 1.165) is 18.4 Å². The standard InChI is InChI=1S/C16H20N4O3S/c1-24(22,23)20-9-5-8-13(11-20)18-16(21)14-10-17-19-15(14)12-6-3-2-4-7-12/h2-4,6-7,10,13H,5,8-9,11H2,1H3,(H,17,19)(H,18,21)/t13-/m1/s1. The number of sulfonamides is 1. The maximum atomic E-state index is 12.6. The Morgan fingerprint density at radius 1 is 1.33 bits per heavy atom. The zero-order valence-corrected chi connectivity index (χ0v) is 14.2. The van der Waals surface area contributed by atoms with E-state index in [-0.39, 0.29) is 11.9 Å². The summed E-state index contributed by atoms with van der Waals surface area (Å²) in [4.78, 5) is 12.6. The van der Waals surface area contributed by atoms with E-state index in [9.17, 15) is 13.2 Å². The summed E-state index contributed by atoms with van der Waals surface area (Å²) in [6, 6.07) is 9.29. The summed E-state index contributed by atoms with van der Waals surface area (Å²) in [5.41, 5.74) is 1.99. The highest BCUT2D eigenvalue weighted by Crippen LogP contribution is 2.21. The molecule has 1 atom stereocenters. The second-order valence-electron chi connectivity index (χ2n) is 5.96. The van der Waals surface area contributed by atoms with Gasteiger partial charge in [0.25, 0.3) is 5.91 Å². The first kappa shape index (κ1) is 16.7.